The number of aromatic nitrogens is 2. The second-order valence-electron chi connectivity index (χ2n) is 5.58. The zero-order valence-corrected chi connectivity index (χ0v) is 12.1. The molecule has 0 saturated carbocycles. The molecule has 4 heteroatoms. The standard InChI is InChI=1S/C16H18N4/c1-11(2)20-5-4-12-6-15(13(8-17)7-16(12)20)14-9-18-19(3)10-14/h6-7,9-11H,4-5H2,1-3H3. The topological polar surface area (TPSA) is 44.9 Å². The molecule has 1 aromatic carbocycles. The fourth-order valence-corrected chi connectivity index (χ4v) is 2.89. The highest BCUT2D eigenvalue weighted by Crippen LogP contribution is 2.35. The van der Waals surface area contributed by atoms with Crippen molar-refractivity contribution in [3.8, 4) is 17.2 Å². The van der Waals surface area contributed by atoms with E-state index in [1.807, 2.05) is 25.5 Å². The SMILES string of the molecule is CC(C)N1CCc2cc(-c3cnn(C)c3)c(C#N)cc21. The van der Waals surface area contributed by atoms with Gasteiger partial charge in [-0.15, -0.1) is 0 Å². The van der Waals surface area contributed by atoms with E-state index in [1.165, 1.54) is 11.3 Å². The molecule has 1 aliphatic rings. The number of benzene rings is 1. The Morgan fingerprint density at radius 1 is 1.35 bits per heavy atom. The van der Waals surface area contributed by atoms with E-state index >= 15 is 0 Å². The van der Waals surface area contributed by atoms with Crippen LogP contribution in [0.1, 0.15) is 25.0 Å². The van der Waals surface area contributed by atoms with Crippen molar-refractivity contribution in [1.82, 2.24) is 9.78 Å². The molecular weight excluding hydrogens is 248 g/mol. The molecular formula is C16H18N4. The van der Waals surface area contributed by atoms with E-state index in [9.17, 15) is 5.26 Å². The van der Waals surface area contributed by atoms with E-state index in [4.69, 9.17) is 0 Å². The third-order valence-corrected chi connectivity index (χ3v) is 3.91. The Kier molecular flexibility index (Phi) is 2.98. The van der Waals surface area contributed by atoms with E-state index < -0.39 is 0 Å². The summed E-state index contributed by atoms with van der Waals surface area (Å²) in [7, 11) is 1.89. The first-order valence-corrected chi connectivity index (χ1v) is 6.93. The first-order chi connectivity index (χ1) is 9.60. The molecule has 0 bridgehead atoms. The summed E-state index contributed by atoms with van der Waals surface area (Å²) in [6, 6.07) is 6.99. The summed E-state index contributed by atoms with van der Waals surface area (Å²) in [5, 5.41) is 13.6. The number of fused-ring (bicyclic) bond motifs is 1. The summed E-state index contributed by atoms with van der Waals surface area (Å²) in [6.45, 7) is 5.42. The van der Waals surface area contributed by atoms with Crippen LogP contribution in [0.5, 0.6) is 0 Å². The minimum absolute atomic E-state index is 0.465. The Labute approximate surface area is 119 Å². The van der Waals surface area contributed by atoms with Gasteiger partial charge in [-0.3, -0.25) is 4.68 Å². The Morgan fingerprint density at radius 3 is 2.75 bits per heavy atom. The highest BCUT2D eigenvalue weighted by Gasteiger charge is 2.23. The smallest absolute Gasteiger partial charge is 0.0998 e. The molecule has 0 N–H and O–H groups in total. The van der Waals surface area contributed by atoms with Crippen LogP contribution in [-0.4, -0.2) is 22.4 Å². The zero-order valence-electron chi connectivity index (χ0n) is 12.1. The lowest BCUT2D eigenvalue weighted by atomic mass is 9.98. The Morgan fingerprint density at radius 2 is 2.15 bits per heavy atom. The number of rotatable bonds is 2. The minimum atomic E-state index is 0.465. The van der Waals surface area contributed by atoms with Crippen molar-refractivity contribution in [2.24, 2.45) is 7.05 Å². The van der Waals surface area contributed by atoms with Crippen LogP contribution in [0.2, 0.25) is 0 Å². The molecule has 1 aliphatic heterocycles. The van der Waals surface area contributed by atoms with Gasteiger partial charge in [0.2, 0.25) is 0 Å². The van der Waals surface area contributed by atoms with Gasteiger partial charge in [0, 0.05) is 42.6 Å². The first kappa shape index (κ1) is 12.7. The summed E-state index contributed by atoms with van der Waals surface area (Å²) >= 11 is 0. The molecule has 0 fully saturated rings. The summed E-state index contributed by atoms with van der Waals surface area (Å²) in [5.74, 6) is 0. The molecule has 0 spiro atoms. The van der Waals surface area contributed by atoms with Crippen LogP contribution in [0.25, 0.3) is 11.1 Å². The van der Waals surface area contributed by atoms with Crippen LogP contribution in [0, 0.1) is 11.3 Å². The Bertz CT molecular complexity index is 691. The number of hydrogen-bond donors (Lipinski definition) is 0. The molecule has 0 amide bonds. The van der Waals surface area contributed by atoms with Gasteiger partial charge in [0.1, 0.15) is 0 Å². The van der Waals surface area contributed by atoms with Gasteiger partial charge in [0.25, 0.3) is 0 Å². The summed E-state index contributed by atoms with van der Waals surface area (Å²) in [5.41, 5.74) is 5.27. The summed E-state index contributed by atoms with van der Waals surface area (Å²) in [6.07, 6.45) is 4.82. The van der Waals surface area contributed by atoms with E-state index in [0.717, 1.165) is 29.7 Å². The second kappa shape index (κ2) is 4.68. The van der Waals surface area contributed by atoms with Crippen LogP contribution in [0.4, 0.5) is 5.69 Å². The number of nitriles is 1. The maximum Gasteiger partial charge on any atom is 0.0998 e. The fourth-order valence-electron chi connectivity index (χ4n) is 2.89. The third-order valence-electron chi connectivity index (χ3n) is 3.91. The number of aryl methyl sites for hydroxylation is 1. The molecule has 0 atom stereocenters. The number of nitrogens with zero attached hydrogens (tertiary/aromatic N) is 4. The van der Waals surface area contributed by atoms with Crippen molar-refractivity contribution < 1.29 is 0 Å². The van der Waals surface area contributed by atoms with E-state index in [1.54, 1.807) is 4.68 Å². The molecule has 4 nitrogen and oxygen atoms in total. The Hall–Kier alpha value is -2.28. The highest BCUT2D eigenvalue weighted by molar-refractivity contribution is 5.76. The zero-order chi connectivity index (χ0) is 14.3. The van der Waals surface area contributed by atoms with Gasteiger partial charge in [-0.25, -0.2) is 0 Å². The van der Waals surface area contributed by atoms with Crippen LogP contribution >= 0.6 is 0 Å². The van der Waals surface area contributed by atoms with Crippen molar-refractivity contribution >= 4 is 5.69 Å². The lowest BCUT2D eigenvalue weighted by Crippen LogP contribution is -2.28. The van der Waals surface area contributed by atoms with E-state index in [2.05, 4.69) is 36.0 Å². The largest absolute Gasteiger partial charge is 0.369 e. The summed E-state index contributed by atoms with van der Waals surface area (Å²) < 4.78 is 1.77. The molecule has 0 unspecified atom stereocenters. The van der Waals surface area contributed by atoms with Crippen molar-refractivity contribution in [1.29, 1.82) is 5.26 Å². The number of anilines is 1. The average Bonchev–Trinajstić information content (AvgIpc) is 3.02. The van der Waals surface area contributed by atoms with Gasteiger partial charge in [0.15, 0.2) is 0 Å². The lowest BCUT2D eigenvalue weighted by molar-refractivity contribution is 0.710. The fraction of sp³-hybridized carbons (Fsp3) is 0.375. The predicted octanol–water partition coefficient (Wildman–Crippen LogP) is 2.73. The first-order valence-electron chi connectivity index (χ1n) is 6.93. The van der Waals surface area contributed by atoms with Gasteiger partial charge >= 0.3 is 0 Å². The minimum Gasteiger partial charge on any atom is -0.369 e. The third kappa shape index (κ3) is 1.96. The molecule has 3 rings (SSSR count). The van der Waals surface area contributed by atoms with Gasteiger partial charge < -0.3 is 4.90 Å². The van der Waals surface area contributed by atoms with Crippen molar-refractivity contribution in [2.75, 3.05) is 11.4 Å². The van der Waals surface area contributed by atoms with Gasteiger partial charge in [-0.2, -0.15) is 10.4 Å². The monoisotopic (exact) mass is 266 g/mol. The lowest BCUT2D eigenvalue weighted by Gasteiger charge is -2.24. The van der Waals surface area contributed by atoms with Crippen LogP contribution < -0.4 is 4.90 Å². The van der Waals surface area contributed by atoms with Gasteiger partial charge in [0.05, 0.1) is 17.8 Å². The van der Waals surface area contributed by atoms with Crippen molar-refractivity contribution in [3.63, 3.8) is 0 Å². The normalized spacial score (nSPS) is 13.7. The van der Waals surface area contributed by atoms with E-state index in [-0.39, 0.29) is 0 Å². The molecule has 0 saturated heterocycles. The quantitative estimate of drug-likeness (QED) is 0.839. The Balaban J connectivity index is 2.13. The van der Waals surface area contributed by atoms with Crippen LogP contribution in [0.15, 0.2) is 24.5 Å². The van der Waals surface area contributed by atoms with Gasteiger partial charge in [-0.05, 0) is 38.0 Å². The van der Waals surface area contributed by atoms with Crippen molar-refractivity contribution in [3.05, 3.63) is 35.7 Å². The van der Waals surface area contributed by atoms with Crippen LogP contribution in [-0.2, 0) is 13.5 Å². The molecule has 20 heavy (non-hydrogen) atoms. The maximum absolute atomic E-state index is 9.45. The molecule has 0 aliphatic carbocycles. The van der Waals surface area contributed by atoms with Crippen molar-refractivity contribution in [2.45, 2.75) is 26.3 Å². The average molecular weight is 266 g/mol. The highest BCUT2D eigenvalue weighted by atomic mass is 15.2. The summed E-state index contributed by atoms with van der Waals surface area (Å²) in [4.78, 5) is 2.36. The van der Waals surface area contributed by atoms with Gasteiger partial charge in [-0.1, -0.05) is 0 Å². The molecule has 0 radical (unpaired) electrons. The number of hydrogen-bond acceptors (Lipinski definition) is 3. The predicted molar refractivity (Wildman–Crippen MR) is 79.5 cm³/mol. The second-order valence-corrected chi connectivity index (χ2v) is 5.58. The van der Waals surface area contributed by atoms with E-state index in [0.29, 0.717) is 6.04 Å². The molecule has 102 valence electrons. The maximum atomic E-state index is 9.45. The molecule has 1 aromatic heterocycles. The molecule has 2 heterocycles. The van der Waals surface area contributed by atoms with Crippen LogP contribution in [0.3, 0.4) is 0 Å². The molecule has 2 aromatic rings.